The third kappa shape index (κ3) is 1.95. The molecule has 3 rings (SSSR count). The largest absolute Gasteiger partial charge is 0.324 e. The molecule has 3 aliphatic rings. The van der Waals surface area contributed by atoms with E-state index in [4.69, 9.17) is 0 Å². The molecule has 3 aliphatic heterocycles. The lowest BCUT2D eigenvalue weighted by molar-refractivity contribution is -0.132. The molecule has 0 aromatic carbocycles. The predicted octanol–water partition coefficient (Wildman–Crippen LogP) is 1.03. The van der Waals surface area contributed by atoms with Gasteiger partial charge in [0.2, 0.25) is 5.91 Å². The van der Waals surface area contributed by atoms with E-state index in [1.54, 1.807) is 0 Å². The van der Waals surface area contributed by atoms with Gasteiger partial charge >= 0.3 is 0 Å². The summed E-state index contributed by atoms with van der Waals surface area (Å²) in [6.45, 7) is 7.44. The van der Waals surface area contributed by atoms with Crippen LogP contribution in [0.5, 0.6) is 0 Å². The maximum absolute atomic E-state index is 12.5. The molecule has 1 amide bonds. The molecule has 102 valence electrons. The molecule has 3 heterocycles. The van der Waals surface area contributed by atoms with Crippen LogP contribution in [0.2, 0.25) is 0 Å². The zero-order valence-corrected chi connectivity index (χ0v) is 11.6. The Morgan fingerprint density at radius 2 is 2.00 bits per heavy atom. The van der Waals surface area contributed by atoms with E-state index in [1.165, 1.54) is 38.8 Å². The van der Waals surface area contributed by atoms with Gasteiger partial charge in [-0.2, -0.15) is 0 Å². The van der Waals surface area contributed by atoms with E-state index >= 15 is 0 Å². The summed E-state index contributed by atoms with van der Waals surface area (Å²) in [5.41, 5.74) is 0. The van der Waals surface area contributed by atoms with Gasteiger partial charge in [0.15, 0.2) is 0 Å². The number of amides is 1. The van der Waals surface area contributed by atoms with Gasteiger partial charge in [0.25, 0.3) is 0 Å². The number of nitrogens with zero attached hydrogens (tertiary/aromatic N) is 2. The molecule has 18 heavy (non-hydrogen) atoms. The molecule has 0 aromatic heterocycles. The Labute approximate surface area is 110 Å². The Hall–Kier alpha value is -0.610. The molecule has 0 aliphatic carbocycles. The molecule has 0 spiro atoms. The van der Waals surface area contributed by atoms with Crippen LogP contribution in [0.1, 0.15) is 39.5 Å². The van der Waals surface area contributed by atoms with Gasteiger partial charge in [-0.25, -0.2) is 0 Å². The average Bonchev–Trinajstić information content (AvgIpc) is 2.92. The van der Waals surface area contributed by atoms with Crippen molar-refractivity contribution in [2.75, 3.05) is 19.8 Å². The summed E-state index contributed by atoms with van der Waals surface area (Å²) in [6, 6.07) is 1.15. The SMILES string of the molecule is CC(C)C1NCN(C2CCN3CCCCC23)C1=O. The van der Waals surface area contributed by atoms with E-state index in [-0.39, 0.29) is 6.04 Å². The zero-order valence-electron chi connectivity index (χ0n) is 11.6. The molecule has 3 saturated heterocycles. The van der Waals surface area contributed by atoms with Crippen LogP contribution in [-0.2, 0) is 4.79 Å². The number of hydrogen-bond donors (Lipinski definition) is 1. The second-order valence-corrected chi connectivity index (χ2v) is 6.35. The molecule has 4 heteroatoms. The van der Waals surface area contributed by atoms with Crippen molar-refractivity contribution in [2.24, 2.45) is 5.92 Å². The quantitative estimate of drug-likeness (QED) is 0.796. The summed E-state index contributed by atoms with van der Waals surface area (Å²) >= 11 is 0. The van der Waals surface area contributed by atoms with Crippen molar-refractivity contribution in [3.63, 3.8) is 0 Å². The lowest BCUT2D eigenvalue weighted by Crippen LogP contribution is -2.48. The van der Waals surface area contributed by atoms with E-state index in [1.807, 2.05) is 0 Å². The number of carbonyl (C=O) groups excluding carboxylic acids is 1. The number of carbonyl (C=O) groups is 1. The van der Waals surface area contributed by atoms with Crippen molar-refractivity contribution in [3.05, 3.63) is 0 Å². The van der Waals surface area contributed by atoms with Crippen LogP contribution >= 0.6 is 0 Å². The van der Waals surface area contributed by atoms with E-state index in [0.717, 1.165) is 6.67 Å². The van der Waals surface area contributed by atoms with Crippen LogP contribution < -0.4 is 5.32 Å². The van der Waals surface area contributed by atoms with Gasteiger partial charge in [-0.05, 0) is 31.7 Å². The summed E-state index contributed by atoms with van der Waals surface area (Å²) < 4.78 is 0. The van der Waals surface area contributed by atoms with Gasteiger partial charge in [0, 0.05) is 18.6 Å². The fourth-order valence-electron chi connectivity index (χ4n) is 3.93. The molecule has 0 radical (unpaired) electrons. The van der Waals surface area contributed by atoms with Crippen LogP contribution in [0.3, 0.4) is 0 Å². The Morgan fingerprint density at radius 1 is 1.17 bits per heavy atom. The van der Waals surface area contributed by atoms with Crippen LogP contribution in [-0.4, -0.2) is 53.6 Å². The molecule has 3 atom stereocenters. The first kappa shape index (κ1) is 12.4. The fraction of sp³-hybridized carbons (Fsp3) is 0.929. The Kier molecular flexibility index (Phi) is 3.32. The molecule has 3 fully saturated rings. The molecule has 1 N–H and O–H groups in total. The molecule has 0 aromatic rings. The van der Waals surface area contributed by atoms with Crippen LogP contribution in [0.4, 0.5) is 0 Å². The first-order chi connectivity index (χ1) is 8.68. The number of nitrogens with one attached hydrogen (secondary N) is 1. The highest BCUT2D eigenvalue weighted by atomic mass is 16.2. The number of piperidine rings is 1. The molecule has 3 unspecified atom stereocenters. The van der Waals surface area contributed by atoms with Crippen LogP contribution in [0.15, 0.2) is 0 Å². The Balaban J connectivity index is 1.70. The molecule has 4 nitrogen and oxygen atoms in total. The smallest absolute Gasteiger partial charge is 0.241 e. The van der Waals surface area contributed by atoms with Crippen molar-refractivity contribution in [1.82, 2.24) is 15.1 Å². The Morgan fingerprint density at radius 3 is 2.72 bits per heavy atom. The normalized spacial score (nSPS) is 37.6. The Bertz CT molecular complexity index is 331. The first-order valence-electron chi connectivity index (χ1n) is 7.46. The minimum absolute atomic E-state index is 0.0441. The van der Waals surface area contributed by atoms with Gasteiger partial charge in [0.1, 0.15) is 0 Å². The van der Waals surface area contributed by atoms with Crippen molar-refractivity contribution < 1.29 is 4.79 Å². The van der Waals surface area contributed by atoms with E-state index in [9.17, 15) is 4.79 Å². The second kappa shape index (κ2) is 4.82. The third-order valence-electron chi connectivity index (χ3n) is 4.92. The molecular weight excluding hydrogens is 226 g/mol. The van der Waals surface area contributed by atoms with Crippen LogP contribution in [0.25, 0.3) is 0 Å². The van der Waals surface area contributed by atoms with Crippen LogP contribution in [0, 0.1) is 5.92 Å². The van der Waals surface area contributed by atoms with Crippen molar-refractivity contribution >= 4 is 5.91 Å². The number of hydrogen-bond acceptors (Lipinski definition) is 3. The number of fused-ring (bicyclic) bond motifs is 1. The van der Waals surface area contributed by atoms with E-state index < -0.39 is 0 Å². The van der Waals surface area contributed by atoms with Gasteiger partial charge < -0.3 is 4.90 Å². The summed E-state index contributed by atoms with van der Waals surface area (Å²) in [5.74, 6) is 0.730. The highest BCUT2D eigenvalue weighted by Crippen LogP contribution is 2.32. The van der Waals surface area contributed by atoms with Gasteiger partial charge in [-0.15, -0.1) is 0 Å². The van der Waals surface area contributed by atoms with Crippen molar-refractivity contribution in [2.45, 2.75) is 57.7 Å². The highest BCUT2D eigenvalue weighted by Gasteiger charge is 2.44. The maximum atomic E-state index is 12.5. The highest BCUT2D eigenvalue weighted by molar-refractivity contribution is 5.84. The predicted molar refractivity (Wildman–Crippen MR) is 71.1 cm³/mol. The zero-order chi connectivity index (χ0) is 12.7. The minimum Gasteiger partial charge on any atom is -0.324 e. The van der Waals surface area contributed by atoms with Gasteiger partial charge in [0.05, 0.1) is 12.7 Å². The average molecular weight is 251 g/mol. The number of rotatable bonds is 2. The third-order valence-corrected chi connectivity index (χ3v) is 4.92. The maximum Gasteiger partial charge on any atom is 0.241 e. The fourth-order valence-corrected chi connectivity index (χ4v) is 3.93. The van der Waals surface area contributed by atoms with Gasteiger partial charge in [-0.1, -0.05) is 20.3 Å². The summed E-state index contributed by atoms with van der Waals surface area (Å²) in [5, 5.41) is 3.39. The van der Waals surface area contributed by atoms with Gasteiger partial charge in [-0.3, -0.25) is 15.0 Å². The molecule has 0 bridgehead atoms. The van der Waals surface area contributed by atoms with Crippen molar-refractivity contribution in [3.8, 4) is 0 Å². The lowest BCUT2D eigenvalue weighted by atomic mass is 9.97. The minimum atomic E-state index is 0.0441. The topological polar surface area (TPSA) is 35.6 Å². The molecule has 0 saturated carbocycles. The molecular formula is C14H25N3O. The first-order valence-corrected chi connectivity index (χ1v) is 7.46. The summed E-state index contributed by atoms with van der Waals surface area (Å²) in [7, 11) is 0. The summed E-state index contributed by atoms with van der Waals surface area (Å²) in [6.07, 6.45) is 5.12. The summed E-state index contributed by atoms with van der Waals surface area (Å²) in [4.78, 5) is 17.2. The van der Waals surface area contributed by atoms with E-state index in [2.05, 4.69) is 29.0 Å². The second-order valence-electron chi connectivity index (χ2n) is 6.35. The monoisotopic (exact) mass is 251 g/mol. The standard InChI is InChI=1S/C14H25N3O/c1-10(2)13-14(18)17(9-15-13)12-6-8-16-7-4-3-5-11(12)16/h10-13,15H,3-9H2,1-2H3. The van der Waals surface area contributed by atoms with Crippen molar-refractivity contribution in [1.29, 1.82) is 0 Å². The van der Waals surface area contributed by atoms with E-state index in [0.29, 0.717) is 23.9 Å². The lowest BCUT2D eigenvalue weighted by Gasteiger charge is -2.36.